The van der Waals surface area contributed by atoms with Crippen LogP contribution in [0.25, 0.3) is 33.4 Å². The molecule has 0 aliphatic carbocycles. The van der Waals surface area contributed by atoms with E-state index in [1.54, 1.807) is 66.7 Å². The van der Waals surface area contributed by atoms with Crippen LogP contribution in [-0.4, -0.2) is 23.9 Å². The van der Waals surface area contributed by atoms with Gasteiger partial charge in [-0.25, -0.2) is 9.97 Å². The topological polar surface area (TPSA) is 69.2 Å². The Hall–Kier alpha value is -3.46. The summed E-state index contributed by atoms with van der Waals surface area (Å²) in [5.41, 5.74) is -3.86. The summed E-state index contributed by atoms with van der Waals surface area (Å²) in [7, 11) is -5.88. The van der Waals surface area contributed by atoms with Crippen LogP contribution in [0.15, 0.2) is 79.0 Å². The largest absolute Gasteiger partial charge is 0.534 e. The van der Waals surface area contributed by atoms with Crippen LogP contribution in [0.3, 0.4) is 0 Å². The SMILES string of the molecule is O=S(=O)(Oc1cc(-c2ccccc2)cc2cnc(-c3ccccc3)nc12)C(F)(F)F. The molecule has 0 spiro atoms. The lowest BCUT2D eigenvalue weighted by Gasteiger charge is -2.13. The van der Waals surface area contributed by atoms with Gasteiger partial charge in [0.25, 0.3) is 0 Å². The van der Waals surface area contributed by atoms with Gasteiger partial charge < -0.3 is 4.18 Å². The number of nitrogens with zero attached hydrogens (tertiary/aromatic N) is 2. The van der Waals surface area contributed by atoms with Crippen LogP contribution in [0.5, 0.6) is 5.75 Å². The van der Waals surface area contributed by atoms with Crippen molar-refractivity contribution in [2.75, 3.05) is 0 Å². The number of aromatic nitrogens is 2. The Labute approximate surface area is 169 Å². The maximum Gasteiger partial charge on any atom is 0.534 e. The van der Waals surface area contributed by atoms with Crippen molar-refractivity contribution >= 4 is 21.0 Å². The van der Waals surface area contributed by atoms with Crippen LogP contribution in [0.4, 0.5) is 13.2 Å². The van der Waals surface area contributed by atoms with Crippen LogP contribution in [0.1, 0.15) is 0 Å². The van der Waals surface area contributed by atoms with Gasteiger partial charge in [-0.05, 0) is 23.3 Å². The van der Waals surface area contributed by atoms with Gasteiger partial charge in [0.05, 0.1) is 0 Å². The van der Waals surface area contributed by atoms with Crippen LogP contribution in [-0.2, 0) is 10.1 Å². The van der Waals surface area contributed by atoms with E-state index in [9.17, 15) is 21.6 Å². The molecule has 4 rings (SSSR count). The number of hydrogen-bond donors (Lipinski definition) is 0. The summed E-state index contributed by atoms with van der Waals surface area (Å²) in [6.07, 6.45) is 1.42. The second-order valence-corrected chi connectivity index (χ2v) is 7.86. The van der Waals surface area contributed by atoms with E-state index in [-0.39, 0.29) is 11.3 Å². The number of alkyl halides is 3. The highest BCUT2D eigenvalue weighted by atomic mass is 32.2. The number of rotatable bonds is 4. The molecule has 30 heavy (non-hydrogen) atoms. The Kier molecular flexibility index (Phi) is 4.90. The van der Waals surface area contributed by atoms with Gasteiger partial charge in [0, 0.05) is 17.1 Å². The molecule has 0 aliphatic rings. The predicted molar refractivity (Wildman–Crippen MR) is 106 cm³/mol. The normalized spacial score (nSPS) is 12.1. The lowest BCUT2D eigenvalue weighted by atomic mass is 10.0. The van der Waals surface area contributed by atoms with Crippen LogP contribution in [0.2, 0.25) is 0 Å². The molecule has 0 unspecified atom stereocenters. The molecule has 0 saturated heterocycles. The van der Waals surface area contributed by atoms with E-state index in [2.05, 4.69) is 14.2 Å². The highest BCUT2D eigenvalue weighted by molar-refractivity contribution is 7.88. The molecular weight excluding hydrogens is 417 g/mol. The first-order valence-corrected chi connectivity index (χ1v) is 10.1. The molecule has 1 heterocycles. The summed E-state index contributed by atoms with van der Waals surface area (Å²) in [6, 6.07) is 20.4. The van der Waals surface area contributed by atoms with Crippen LogP contribution < -0.4 is 4.18 Å². The number of benzene rings is 3. The van der Waals surface area contributed by atoms with Crippen molar-refractivity contribution in [2.45, 2.75) is 5.51 Å². The molecule has 152 valence electrons. The molecule has 0 bridgehead atoms. The molecule has 5 nitrogen and oxygen atoms in total. The molecule has 0 saturated carbocycles. The van der Waals surface area contributed by atoms with Gasteiger partial charge in [0.1, 0.15) is 5.52 Å². The summed E-state index contributed by atoms with van der Waals surface area (Å²) >= 11 is 0. The summed E-state index contributed by atoms with van der Waals surface area (Å²) in [5, 5.41) is 0.336. The van der Waals surface area contributed by atoms with Gasteiger partial charge in [0.2, 0.25) is 0 Å². The molecular formula is C21H13F3N2O3S. The van der Waals surface area contributed by atoms with Crippen LogP contribution in [0, 0.1) is 0 Å². The Morgan fingerprint density at radius 3 is 2.00 bits per heavy atom. The Balaban J connectivity index is 1.93. The minimum atomic E-state index is -5.88. The molecule has 0 amide bonds. The van der Waals surface area contributed by atoms with Crippen molar-refractivity contribution < 1.29 is 25.8 Å². The quantitative estimate of drug-likeness (QED) is 0.329. The van der Waals surface area contributed by atoms with E-state index in [1.165, 1.54) is 12.3 Å². The standard InChI is InChI=1S/C21H13F3N2O3S/c22-21(23,24)30(27,28)29-18-12-16(14-7-3-1-4-8-14)11-17-13-25-20(26-19(17)18)15-9-5-2-6-10-15/h1-13H. The number of fused-ring (bicyclic) bond motifs is 1. The van der Waals surface area contributed by atoms with Gasteiger partial charge >= 0.3 is 15.6 Å². The van der Waals surface area contributed by atoms with E-state index in [4.69, 9.17) is 0 Å². The van der Waals surface area contributed by atoms with Crippen molar-refractivity contribution in [1.29, 1.82) is 0 Å². The van der Waals surface area contributed by atoms with Crippen LogP contribution >= 0.6 is 0 Å². The Morgan fingerprint density at radius 2 is 1.40 bits per heavy atom. The zero-order valence-electron chi connectivity index (χ0n) is 15.2. The average Bonchev–Trinajstić information content (AvgIpc) is 2.73. The van der Waals surface area contributed by atoms with Crippen molar-refractivity contribution in [1.82, 2.24) is 9.97 Å². The van der Waals surface area contributed by atoms with Crippen molar-refractivity contribution in [2.24, 2.45) is 0 Å². The highest BCUT2D eigenvalue weighted by Gasteiger charge is 2.48. The summed E-state index contributed by atoms with van der Waals surface area (Å²) in [4.78, 5) is 8.54. The molecule has 4 aromatic rings. The molecule has 0 aliphatic heterocycles. The average molecular weight is 430 g/mol. The second kappa shape index (κ2) is 7.42. The van der Waals surface area contributed by atoms with E-state index in [1.807, 2.05) is 0 Å². The molecule has 3 aromatic carbocycles. The fourth-order valence-corrected chi connectivity index (χ4v) is 3.32. The van der Waals surface area contributed by atoms with Crippen molar-refractivity contribution in [3.63, 3.8) is 0 Å². The Bertz CT molecular complexity index is 1310. The zero-order chi connectivity index (χ0) is 21.4. The monoisotopic (exact) mass is 430 g/mol. The van der Waals surface area contributed by atoms with Gasteiger partial charge in [-0.1, -0.05) is 60.7 Å². The zero-order valence-corrected chi connectivity index (χ0v) is 16.0. The lowest BCUT2D eigenvalue weighted by molar-refractivity contribution is -0.0499. The first-order valence-electron chi connectivity index (χ1n) is 8.67. The Morgan fingerprint density at radius 1 is 0.800 bits per heavy atom. The number of hydrogen-bond acceptors (Lipinski definition) is 5. The fraction of sp³-hybridized carbons (Fsp3) is 0.0476. The van der Waals surface area contributed by atoms with E-state index >= 15 is 0 Å². The van der Waals surface area contributed by atoms with Gasteiger partial charge in [-0.3, -0.25) is 0 Å². The first-order chi connectivity index (χ1) is 14.2. The molecule has 0 atom stereocenters. The summed E-state index contributed by atoms with van der Waals surface area (Å²) in [6.45, 7) is 0. The minimum Gasteiger partial charge on any atom is -0.374 e. The maximum atomic E-state index is 12.9. The van der Waals surface area contributed by atoms with Gasteiger partial charge in [0.15, 0.2) is 11.6 Å². The van der Waals surface area contributed by atoms with E-state index in [0.717, 1.165) is 0 Å². The van der Waals surface area contributed by atoms with Crippen molar-refractivity contribution in [3.8, 4) is 28.3 Å². The smallest absolute Gasteiger partial charge is 0.374 e. The molecule has 0 fully saturated rings. The lowest BCUT2D eigenvalue weighted by Crippen LogP contribution is -2.28. The van der Waals surface area contributed by atoms with E-state index in [0.29, 0.717) is 22.1 Å². The van der Waals surface area contributed by atoms with E-state index < -0.39 is 21.4 Å². The predicted octanol–water partition coefficient (Wildman–Crippen LogP) is 5.19. The van der Waals surface area contributed by atoms with Gasteiger partial charge in [-0.15, -0.1) is 0 Å². The third kappa shape index (κ3) is 3.84. The third-order valence-corrected chi connectivity index (χ3v) is 5.24. The molecule has 0 N–H and O–H groups in total. The summed E-state index contributed by atoms with van der Waals surface area (Å²) < 4.78 is 66.7. The highest BCUT2D eigenvalue weighted by Crippen LogP contribution is 2.35. The molecule has 9 heteroatoms. The minimum absolute atomic E-state index is 0.0450. The maximum absolute atomic E-state index is 12.9. The molecule has 0 radical (unpaired) electrons. The summed E-state index contributed by atoms with van der Waals surface area (Å²) in [5.74, 6) is -0.298. The first kappa shape index (κ1) is 19.8. The number of halogens is 3. The molecule has 1 aromatic heterocycles. The second-order valence-electron chi connectivity index (χ2n) is 6.32. The third-order valence-electron chi connectivity index (χ3n) is 4.27. The fourth-order valence-electron chi connectivity index (χ4n) is 2.87. The van der Waals surface area contributed by atoms with Gasteiger partial charge in [-0.2, -0.15) is 21.6 Å². The van der Waals surface area contributed by atoms with Crippen molar-refractivity contribution in [3.05, 3.63) is 79.0 Å².